The number of methoxy groups -OCH3 is 2. The number of hydrogen-bond donors (Lipinski definition) is 0. The highest BCUT2D eigenvalue weighted by Gasteiger charge is 2.15. The summed E-state index contributed by atoms with van der Waals surface area (Å²) in [4.78, 5) is 0. The first-order valence-corrected chi connectivity index (χ1v) is 7.16. The predicted octanol–water partition coefficient (Wildman–Crippen LogP) is 4.63. The fourth-order valence-corrected chi connectivity index (χ4v) is 2.99. The second-order valence-electron chi connectivity index (χ2n) is 5.28. The Morgan fingerprint density at radius 3 is 2.22 bits per heavy atom. The van der Waals surface area contributed by atoms with Crippen molar-refractivity contribution in [2.45, 2.75) is 0 Å². The lowest BCUT2D eigenvalue weighted by Crippen LogP contribution is -1.86. The average Bonchev–Trinajstić information content (AvgIpc) is 2.97. The molecule has 23 heavy (non-hydrogen) atoms. The molecule has 0 aliphatic carbocycles. The van der Waals surface area contributed by atoms with Gasteiger partial charge in [0.25, 0.3) is 0 Å². The Bertz CT molecular complexity index is 1100. The van der Waals surface area contributed by atoms with Crippen LogP contribution in [0.15, 0.2) is 46.9 Å². The predicted molar refractivity (Wildman–Crippen MR) is 89.0 cm³/mol. The molecule has 112 valence electrons. The first kappa shape index (κ1) is 13.5. The van der Waals surface area contributed by atoms with Crippen molar-refractivity contribution >= 4 is 32.7 Å². The zero-order valence-corrected chi connectivity index (χ0v) is 12.7. The fraction of sp³-hybridized carbons (Fsp3) is 0.105. The summed E-state index contributed by atoms with van der Waals surface area (Å²) < 4.78 is 16.5. The molecule has 0 fully saturated rings. The van der Waals surface area contributed by atoms with Gasteiger partial charge < -0.3 is 13.9 Å². The number of rotatable bonds is 2. The molecule has 4 aromatic rings. The molecular formula is C19H13NO3. The van der Waals surface area contributed by atoms with Crippen LogP contribution in [0.1, 0.15) is 5.56 Å². The Morgan fingerprint density at radius 2 is 1.52 bits per heavy atom. The zero-order valence-electron chi connectivity index (χ0n) is 12.7. The van der Waals surface area contributed by atoms with Gasteiger partial charge in [-0.2, -0.15) is 5.26 Å². The minimum Gasteiger partial charge on any atom is -0.497 e. The van der Waals surface area contributed by atoms with E-state index in [2.05, 4.69) is 6.07 Å². The van der Waals surface area contributed by atoms with Gasteiger partial charge in [-0.05, 0) is 41.8 Å². The van der Waals surface area contributed by atoms with Crippen LogP contribution in [0.2, 0.25) is 0 Å². The van der Waals surface area contributed by atoms with E-state index in [1.165, 1.54) is 0 Å². The largest absolute Gasteiger partial charge is 0.497 e. The summed E-state index contributed by atoms with van der Waals surface area (Å²) in [6.45, 7) is 0. The number of furan rings is 1. The molecule has 1 heterocycles. The van der Waals surface area contributed by atoms with Crippen molar-refractivity contribution in [3.63, 3.8) is 0 Å². The molecule has 0 bridgehead atoms. The van der Waals surface area contributed by atoms with Crippen LogP contribution in [0.5, 0.6) is 11.5 Å². The molecule has 0 saturated heterocycles. The third-order valence-corrected chi connectivity index (χ3v) is 4.11. The molecular weight excluding hydrogens is 290 g/mol. The normalized spacial score (nSPS) is 11.0. The minimum absolute atomic E-state index is 0.567. The van der Waals surface area contributed by atoms with E-state index in [-0.39, 0.29) is 0 Å². The maximum Gasteiger partial charge on any atom is 0.139 e. The SMILES string of the molecule is COc1ccc2c(c1)oc1cc(C#N)c3cc(OC)ccc3c12. The van der Waals surface area contributed by atoms with E-state index in [0.29, 0.717) is 11.1 Å². The molecule has 0 atom stereocenters. The van der Waals surface area contributed by atoms with Gasteiger partial charge >= 0.3 is 0 Å². The van der Waals surface area contributed by atoms with Crippen molar-refractivity contribution in [2.24, 2.45) is 0 Å². The van der Waals surface area contributed by atoms with Crippen molar-refractivity contribution < 1.29 is 13.9 Å². The molecule has 0 N–H and O–H groups in total. The van der Waals surface area contributed by atoms with Crippen LogP contribution in [0.4, 0.5) is 0 Å². The van der Waals surface area contributed by atoms with Crippen LogP contribution in [0, 0.1) is 11.3 Å². The van der Waals surface area contributed by atoms with Gasteiger partial charge in [0.15, 0.2) is 0 Å². The summed E-state index contributed by atoms with van der Waals surface area (Å²) in [7, 11) is 3.24. The molecule has 4 heteroatoms. The molecule has 0 aliphatic rings. The number of hydrogen-bond acceptors (Lipinski definition) is 4. The van der Waals surface area contributed by atoms with E-state index >= 15 is 0 Å². The molecule has 4 rings (SSSR count). The lowest BCUT2D eigenvalue weighted by molar-refractivity contribution is 0.414. The summed E-state index contributed by atoms with van der Waals surface area (Å²) in [5, 5.41) is 13.3. The van der Waals surface area contributed by atoms with Crippen molar-refractivity contribution in [3.05, 3.63) is 48.0 Å². The average molecular weight is 303 g/mol. The van der Waals surface area contributed by atoms with Crippen molar-refractivity contribution in [3.8, 4) is 17.6 Å². The standard InChI is InChI=1S/C19H13NO3/c1-21-12-3-5-14-16(8-12)11(10-20)7-18-19(14)15-6-4-13(22-2)9-17(15)23-18/h3-9H,1-2H3. The number of nitriles is 1. The highest BCUT2D eigenvalue weighted by atomic mass is 16.5. The summed E-state index contributed by atoms with van der Waals surface area (Å²) in [6, 6.07) is 15.5. The zero-order chi connectivity index (χ0) is 16.0. The molecule has 3 aromatic carbocycles. The summed E-state index contributed by atoms with van der Waals surface area (Å²) in [5.74, 6) is 1.46. The second-order valence-corrected chi connectivity index (χ2v) is 5.28. The number of nitrogens with zero attached hydrogens (tertiary/aromatic N) is 1. The molecule has 0 saturated carbocycles. The first-order chi connectivity index (χ1) is 11.2. The topological polar surface area (TPSA) is 55.4 Å². The van der Waals surface area contributed by atoms with Gasteiger partial charge in [0, 0.05) is 22.2 Å². The van der Waals surface area contributed by atoms with Gasteiger partial charge in [0.1, 0.15) is 22.7 Å². The van der Waals surface area contributed by atoms with Crippen LogP contribution >= 0.6 is 0 Å². The maximum atomic E-state index is 9.46. The fourth-order valence-electron chi connectivity index (χ4n) is 2.99. The quantitative estimate of drug-likeness (QED) is 0.542. The number of ether oxygens (including phenoxy) is 2. The molecule has 0 unspecified atom stereocenters. The van der Waals surface area contributed by atoms with Gasteiger partial charge in [-0.3, -0.25) is 0 Å². The highest BCUT2D eigenvalue weighted by Crippen LogP contribution is 2.38. The van der Waals surface area contributed by atoms with Crippen LogP contribution in [0.25, 0.3) is 32.7 Å². The molecule has 0 radical (unpaired) electrons. The first-order valence-electron chi connectivity index (χ1n) is 7.16. The summed E-state index contributed by atoms with van der Waals surface area (Å²) in [5.41, 5.74) is 2.01. The molecule has 4 nitrogen and oxygen atoms in total. The Kier molecular flexibility index (Phi) is 2.88. The molecule has 0 amide bonds. The monoisotopic (exact) mass is 303 g/mol. The highest BCUT2D eigenvalue weighted by molar-refractivity contribution is 6.20. The van der Waals surface area contributed by atoms with Crippen molar-refractivity contribution in [1.29, 1.82) is 5.26 Å². The van der Waals surface area contributed by atoms with E-state index in [0.717, 1.165) is 38.6 Å². The van der Waals surface area contributed by atoms with E-state index in [1.807, 2.05) is 36.4 Å². The van der Waals surface area contributed by atoms with E-state index in [9.17, 15) is 5.26 Å². The van der Waals surface area contributed by atoms with Crippen LogP contribution in [0.3, 0.4) is 0 Å². The maximum absolute atomic E-state index is 9.46. The lowest BCUT2D eigenvalue weighted by Gasteiger charge is -2.05. The summed E-state index contributed by atoms with van der Waals surface area (Å²) >= 11 is 0. The molecule has 0 aliphatic heterocycles. The third kappa shape index (κ3) is 1.91. The Hall–Kier alpha value is -3.19. The van der Waals surface area contributed by atoms with Gasteiger partial charge in [-0.25, -0.2) is 0 Å². The van der Waals surface area contributed by atoms with Gasteiger partial charge in [-0.1, -0.05) is 0 Å². The van der Waals surface area contributed by atoms with E-state index in [1.54, 1.807) is 20.3 Å². The smallest absolute Gasteiger partial charge is 0.139 e. The minimum atomic E-state index is 0.567. The number of benzene rings is 3. The van der Waals surface area contributed by atoms with Gasteiger partial charge in [0.05, 0.1) is 25.9 Å². The Balaban J connectivity index is 2.20. The molecule has 0 spiro atoms. The lowest BCUT2D eigenvalue weighted by atomic mass is 9.99. The van der Waals surface area contributed by atoms with Crippen molar-refractivity contribution in [2.75, 3.05) is 14.2 Å². The second kappa shape index (κ2) is 4.92. The van der Waals surface area contributed by atoms with Gasteiger partial charge in [-0.15, -0.1) is 0 Å². The van der Waals surface area contributed by atoms with Crippen LogP contribution in [-0.4, -0.2) is 14.2 Å². The van der Waals surface area contributed by atoms with Crippen molar-refractivity contribution in [1.82, 2.24) is 0 Å². The van der Waals surface area contributed by atoms with E-state index < -0.39 is 0 Å². The Morgan fingerprint density at radius 1 is 0.826 bits per heavy atom. The molecule has 1 aromatic heterocycles. The Labute approximate surface area is 132 Å². The van der Waals surface area contributed by atoms with E-state index in [4.69, 9.17) is 13.9 Å². The van der Waals surface area contributed by atoms with Crippen LogP contribution < -0.4 is 9.47 Å². The third-order valence-electron chi connectivity index (χ3n) is 4.11. The summed E-state index contributed by atoms with van der Waals surface area (Å²) in [6.07, 6.45) is 0. The van der Waals surface area contributed by atoms with Gasteiger partial charge in [0.2, 0.25) is 0 Å². The number of fused-ring (bicyclic) bond motifs is 5. The van der Waals surface area contributed by atoms with Crippen LogP contribution in [-0.2, 0) is 0 Å².